The lowest BCUT2D eigenvalue weighted by Crippen LogP contribution is -2.30. The van der Waals surface area contributed by atoms with E-state index in [0.717, 1.165) is 13.2 Å². The Morgan fingerprint density at radius 1 is 1.50 bits per heavy atom. The van der Waals surface area contributed by atoms with Crippen molar-refractivity contribution in [3.8, 4) is 0 Å². The average molecular weight is 115 g/mol. The minimum atomic E-state index is 0.593. The van der Waals surface area contributed by atoms with E-state index in [9.17, 15) is 0 Å². The molecular weight excluding hydrogens is 102 g/mol. The molecule has 0 unspecified atom stereocenters. The molecule has 0 aromatic heterocycles. The second kappa shape index (κ2) is 2.46. The summed E-state index contributed by atoms with van der Waals surface area (Å²) in [6, 6.07) is 0.593. The van der Waals surface area contributed by atoms with Crippen LogP contribution in [0.15, 0.2) is 0 Å². The number of hydrogen-bond donors (Lipinski definition) is 1. The second-order valence-electron chi connectivity index (χ2n) is 2.41. The van der Waals surface area contributed by atoms with E-state index in [1.807, 2.05) is 7.05 Å². The lowest BCUT2D eigenvalue weighted by Gasteiger charge is -2.09. The number of nitrogens with one attached hydrogen (secondary N) is 1. The van der Waals surface area contributed by atoms with E-state index in [-0.39, 0.29) is 0 Å². The maximum atomic E-state index is 5.20. The Kier molecular flexibility index (Phi) is 1.86. The fourth-order valence-corrected chi connectivity index (χ4v) is 1.03. The number of hydrogen-bond acceptors (Lipinski definition) is 2. The van der Waals surface area contributed by atoms with Crippen LogP contribution in [0, 0.1) is 5.92 Å². The predicted molar refractivity (Wildman–Crippen MR) is 32.8 cm³/mol. The van der Waals surface area contributed by atoms with Crippen LogP contribution in [-0.4, -0.2) is 26.3 Å². The van der Waals surface area contributed by atoms with E-state index in [2.05, 4.69) is 12.2 Å². The first-order valence-corrected chi connectivity index (χ1v) is 3.09. The van der Waals surface area contributed by atoms with Gasteiger partial charge in [0.15, 0.2) is 0 Å². The quantitative estimate of drug-likeness (QED) is 0.528. The molecule has 1 aliphatic heterocycles. The van der Waals surface area contributed by atoms with Gasteiger partial charge in [-0.3, -0.25) is 0 Å². The Balaban J connectivity index is 2.30. The number of rotatable bonds is 1. The summed E-state index contributed by atoms with van der Waals surface area (Å²) in [7, 11) is 1.98. The molecule has 0 amide bonds. The van der Waals surface area contributed by atoms with Crippen LogP contribution in [0.2, 0.25) is 0 Å². The molecule has 1 aliphatic rings. The summed E-state index contributed by atoms with van der Waals surface area (Å²) in [5.74, 6) is 0.694. The molecule has 1 fully saturated rings. The van der Waals surface area contributed by atoms with Gasteiger partial charge in [-0.2, -0.15) is 0 Å². The van der Waals surface area contributed by atoms with E-state index < -0.39 is 0 Å². The van der Waals surface area contributed by atoms with Crippen molar-refractivity contribution < 1.29 is 4.74 Å². The topological polar surface area (TPSA) is 21.3 Å². The van der Waals surface area contributed by atoms with E-state index in [0.29, 0.717) is 12.0 Å². The van der Waals surface area contributed by atoms with Crippen LogP contribution in [0.25, 0.3) is 0 Å². The molecule has 2 nitrogen and oxygen atoms in total. The van der Waals surface area contributed by atoms with Crippen molar-refractivity contribution in [2.75, 3.05) is 20.3 Å². The molecule has 0 radical (unpaired) electrons. The zero-order valence-corrected chi connectivity index (χ0v) is 5.48. The summed E-state index contributed by atoms with van der Waals surface area (Å²) < 4.78 is 5.20. The molecule has 2 atom stereocenters. The van der Waals surface area contributed by atoms with Gasteiger partial charge in [-0.25, -0.2) is 0 Å². The monoisotopic (exact) mass is 115 g/mol. The molecule has 0 saturated carbocycles. The van der Waals surface area contributed by atoms with E-state index >= 15 is 0 Å². The van der Waals surface area contributed by atoms with Crippen LogP contribution in [0.1, 0.15) is 6.92 Å². The highest BCUT2D eigenvalue weighted by atomic mass is 16.5. The summed E-state index contributed by atoms with van der Waals surface area (Å²) >= 11 is 0. The van der Waals surface area contributed by atoms with Gasteiger partial charge in [0.1, 0.15) is 0 Å². The third-order valence-electron chi connectivity index (χ3n) is 1.74. The van der Waals surface area contributed by atoms with Gasteiger partial charge < -0.3 is 10.1 Å². The van der Waals surface area contributed by atoms with Crippen LogP contribution < -0.4 is 5.32 Å². The van der Waals surface area contributed by atoms with Gasteiger partial charge in [0.05, 0.1) is 13.2 Å². The minimum absolute atomic E-state index is 0.593. The Morgan fingerprint density at radius 2 is 2.25 bits per heavy atom. The van der Waals surface area contributed by atoms with Crippen molar-refractivity contribution in [3.63, 3.8) is 0 Å². The average Bonchev–Trinajstić information content (AvgIpc) is 2.14. The van der Waals surface area contributed by atoms with Crippen molar-refractivity contribution >= 4 is 0 Å². The fraction of sp³-hybridized carbons (Fsp3) is 1.00. The molecular formula is C6H13NO. The molecule has 0 aromatic carbocycles. The zero-order valence-electron chi connectivity index (χ0n) is 5.48. The van der Waals surface area contributed by atoms with E-state index in [1.165, 1.54) is 0 Å². The summed E-state index contributed by atoms with van der Waals surface area (Å²) in [4.78, 5) is 0. The van der Waals surface area contributed by atoms with E-state index in [1.54, 1.807) is 0 Å². The first-order chi connectivity index (χ1) is 3.84. The third-order valence-corrected chi connectivity index (χ3v) is 1.74. The van der Waals surface area contributed by atoms with Crippen molar-refractivity contribution in [2.45, 2.75) is 13.0 Å². The lowest BCUT2D eigenvalue weighted by molar-refractivity contribution is 0.185. The van der Waals surface area contributed by atoms with Gasteiger partial charge in [-0.05, 0) is 13.0 Å². The Hall–Kier alpha value is -0.0800. The predicted octanol–water partition coefficient (Wildman–Crippen LogP) is 0.241. The highest BCUT2D eigenvalue weighted by molar-refractivity contribution is 4.75. The van der Waals surface area contributed by atoms with Crippen LogP contribution in [-0.2, 0) is 4.74 Å². The largest absolute Gasteiger partial charge is 0.379 e. The lowest BCUT2D eigenvalue weighted by atomic mass is 10.1. The van der Waals surface area contributed by atoms with Crippen LogP contribution in [0.5, 0.6) is 0 Å². The molecule has 0 aliphatic carbocycles. The molecule has 2 heteroatoms. The smallest absolute Gasteiger partial charge is 0.0623 e. The van der Waals surface area contributed by atoms with Gasteiger partial charge in [0.25, 0.3) is 0 Å². The van der Waals surface area contributed by atoms with Gasteiger partial charge in [-0.1, -0.05) is 6.92 Å². The first-order valence-electron chi connectivity index (χ1n) is 3.09. The SMILES string of the molecule is CN[C@H]1COC[C@H]1C. The summed E-state index contributed by atoms with van der Waals surface area (Å²) in [6.07, 6.45) is 0. The van der Waals surface area contributed by atoms with Crippen LogP contribution >= 0.6 is 0 Å². The standard InChI is InChI=1S/C6H13NO/c1-5-3-8-4-6(5)7-2/h5-7H,3-4H2,1-2H3/t5-,6+/m1/s1. The van der Waals surface area contributed by atoms with Crippen molar-refractivity contribution in [2.24, 2.45) is 5.92 Å². The normalized spacial score (nSPS) is 38.2. The van der Waals surface area contributed by atoms with Crippen LogP contribution in [0.4, 0.5) is 0 Å². The molecule has 8 heavy (non-hydrogen) atoms. The highest BCUT2D eigenvalue weighted by Crippen LogP contribution is 2.10. The summed E-state index contributed by atoms with van der Waals surface area (Å²) in [6.45, 7) is 4.01. The molecule has 0 spiro atoms. The molecule has 1 saturated heterocycles. The van der Waals surface area contributed by atoms with Crippen molar-refractivity contribution in [1.82, 2.24) is 5.32 Å². The van der Waals surface area contributed by atoms with Gasteiger partial charge >= 0.3 is 0 Å². The summed E-state index contributed by atoms with van der Waals surface area (Å²) in [5, 5.41) is 3.19. The molecule has 48 valence electrons. The summed E-state index contributed by atoms with van der Waals surface area (Å²) in [5.41, 5.74) is 0. The van der Waals surface area contributed by atoms with E-state index in [4.69, 9.17) is 4.74 Å². The van der Waals surface area contributed by atoms with Gasteiger partial charge in [0, 0.05) is 6.04 Å². The van der Waals surface area contributed by atoms with Gasteiger partial charge in [0.2, 0.25) is 0 Å². The minimum Gasteiger partial charge on any atom is -0.379 e. The maximum absolute atomic E-state index is 5.20. The molecule has 0 bridgehead atoms. The highest BCUT2D eigenvalue weighted by Gasteiger charge is 2.21. The zero-order chi connectivity index (χ0) is 5.98. The first kappa shape index (κ1) is 6.05. The van der Waals surface area contributed by atoms with Crippen LogP contribution in [0.3, 0.4) is 0 Å². The third kappa shape index (κ3) is 1.01. The Labute approximate surface area is 50.2 Å². The van der Waals surface area contributed by atoms with Gasteiger partial charge in [-0.15, -0.1) is 0 Å². The Morgan fingerprint density at radius 3 is 2.50 bits per heavy atom. The van der Waals surface area contributed by atoms with Crippen molar-refractivity contribution in [1.29, 1.82) is 0 Å². The maximum Gasteiger partial charge on any atom is 0.0623 e. The number of likely N-dealkylation sites (N-methyl/N-ethyl adjacent to an activating group) is 1. The molecule has 1 heterocycles. The Bertz CT molecular complexity index is 74.9. The fourth-order valence-electron chi connectivity index (χ4n) is 1.03. The second-order valence-corrected chi connectivity index (χ2v) is 2.41. The molecule has 0 aromatic rings. The van der Waals surface area contributed by atoms with Crippen molar-refractivity contribution in [3.05, 3.63) is 0 Å². The number of ether oxygens (including phenoxy) is 1. The molecule has 1 N–H and O–H groups in total. The molecule has 1 rings (SSSR count).